The van der Waals surface area contributed by atoms with E-state index in [0.717, 1.165) is 17.1 Å². The van der Waals surface area contributed by atoms with Gasteiger partial charge in [-0.1, -0.05) is 6.92 Å². The molecule has 7 heteroatoms. The van der Waals surface area contributed by atoms with Gasteiger partial charge in [0.1, 0.15) is 0 Å². The molecule has 1 amide bonds. The van der Waals surface area contributed by atoms with Gasteiger partial charge in [0.05, 0.1) is 17.2 Å². The highest BCUT2D eigenvalue weighted by Gasteiger charge is 2.11. The molecule has 5 nitrogen and oxygen atoms in total. The van der Waals surface area contributed by atoms with E-state index in [2.05, 4.69) is 27.5 Å². The fourth-order valence-electron chi connectivity index (χ4n) is 1.49. The number of rotatable bonds is 6. The zero-order chi connectivity index (χ0) is 13.7. The Kier molecular flexibility index (Phi) is 5.00. The molecule has 2 N–H and O–H groups in total. The monoisotopic (exact) mass is 296 g/mol. The molecule has 0 aromatic carbocycles. The van der Waals surface area contributed by atoms with Crippen molar-refractivity contribution in [3.63, 3.8) is 0 Å². The van der Waals surface area contributed by atoms with Gasteiger partial charge in [-0.25, -0.2) is 9.97 Å². The molecule has 0 aliphatic carbocycles. The van der Waals surface area contributed by atoms with E-state index >= 15 is 0 Å². The summed E-state index contributed by atoms with van der Waals surface area (Å²) in [5, 5.41) is 11.5. The fourth-order valence-corrected chi connectivity index (χ4v) is 2.87. The minimum atomic E-state index is -0.0901. The number of nitrogens with one attached hydrogen (secondary N) is 2. The number of hydrogen-bond donors (Lipinski definition) is 2. The summed E-state index contributed by atoms with van der Waals surface area (Å²) < 4.78 is 0. The van der Waals surface area contributed by atoms with Crippen LogP contribution in [0.1, 0.15) is 30.6 Å². The SMILES string of the molecule is CCc1nc([C@H](C)NCC(=O)Nc2nccs2)cs1. The molecule has 0 spiro atoms. The van der Waals surface area contributed by atoms with Crippen LogP contribution >= 0.6 is 22.7 Å². The van der Waals surface area contributed by atoms with Gasteiger partial charge >= 0.3 is 0 Å². The van der Waals surface area contributed by atoms with Crippen molar-refractivity contribution in [1.82, 2.24) is 15.3 Å². The molecule has 19 heavy (non-hydrogen) atoms. The lowest BCUT2D eigenvalue weighted by Crippen LogP contribution is -2.30. The molecule has 0 aliphatic rings. The first-order chi connectivity index (χ1) is 9.19. The molecule has 0 saturated heterocycles. The molecule has 102 valence electrons. The van der Waals surface area contributed by atoms with Crippen molar-refractivity contribution in [2.45, 2.75) is 26.3 Å². The molecule has 0 bridgehead atoms. The summed E-state index contributed by atoms with van der Waals surface area (Å²) in [6.45, 7) is 4.34. The smallest absolute Gasteiger partial charge is 0.240 e. The molecule has 0 aliphatic heterocycles. The topological polar surface area (TPSA) is 66.9 Å². The maximum absolute atomic E-state index is 11.7. The van der Waals surface area contributed by atoms with E-state index in [0.29, 0.717) is 5.13 Å². The molecular formula is C12H16N4OS2. The number of thiazole rings is 2. The van der Waals surface area contributed by atoms with Crippen LogP contribution in [0.25, 0.3) is 0 Å². The molecule has 2 heterocycles. The number of carbonyl (C=O) groups is 1. The van der Waals surface area contributed by atoms with Crippen LogP contribution in [-0.2, 0) is 11.2 Å². The molecule has 1 atom stereocenters. The Bertz CT molecular complexity index is 524. The van der Waals surface area contributed by atoms with Crippen molar-refractivity contribution in [1.29, 1.82) is 0 Å². The average molecular weight is 296 g/mol. The van der Waals surface area contributed by atoms with E-state index in [-0.39, 0.29) is 18.5 Å². The number of amides is 1. The quantitative estimate of drug-likeness (QED) is 0.859. The van der Waals surface area contributed by atoms with Crippen molar-refractivity contribution >= 4 is 33.7 Å². The highest BCUT2D eigenvalue weighted by atomic mass is 32.1. The number of nitrogens with zero attached hydrogens (tertiary/aromatic N) is 2. The van der Waals surface area contributed by atoms with Crippen molar-refractivity contribution in [3.8, 4) is 0 Å². The third-order valence-electron chi connectivity index (χ3n) is 2.56. The summed E-state index contributed by atoms with van der Waals surface area (Å²) in [6.07, 6.45) is 2.61. The van der Waals surface area contributed by atoms with Gasteiger partial charge in [-0.2, -0.15) is 0 Å². The summed E-state index contributed by atoms with van der Waals surface area (Å²) in [5.74, 6) is -0.0901. The lowest BCUT2D eigenvalue weighted by molar-refractivity contribution is -0.115. The van der Waals surface area contributed by atoms with E-state index in [1.165, 1.54) is 11.3 Å². The summed E-state index contributed by atoms with van der Waals surface area (Å²) in [6, 6.07) is 0.0681. The zero-order valence-electron chi connectivity index (χ0n) is 10.8. The summed E-state index contributed by atoms with van der Waals surface area (Å²) in [7, 11) is 0. The maximum Gasteiger partial charge on any atom is 0.240 e. The third-order valence-corrected chi connectivity index (χ3v) is 4.26. The maximum atomic E-state index is 11.7. The lowest BCUT2D eigenvalue weighted by Gasteiger charge is -2.10. The summed E-state index contributed by atoms with van der Waals surface area (Å²) in [4.78, 5) is 20.2. The molecule has 0 fully saturated rings. The molecule has 2 aromatic heterocycles. The van der Waals surface area contributed by atoms with Crippen LogP contribution in [-0.4, -0.2) is 22.4 Å². The average Bonchev–Trinajstić information content (AvgIpc) is 3.06. The van der Waals surface area contributed by atoms with Crippen LogP contribution in [0.2, 0.25) is 0 Å². The lowest BCUT2D eigenvalue weighted by atomic mass is 10.2. The van der Waals surface area contributed by atoms with Crippen LogP contribution in [0.5, 0.6) is 0 Å². The van der Waals surface area contributed by atoms with E-state index in [9.17, 15) is 4.79 Å². The van der Waals surface area contributed by atoms with Crippen molar-refractivity contribution in [2.24, 2.45) is 0 Å². The van der Waals surface area contributed by atoms with Gasteiger partial charge in [0.15, 0.2) is 5.13 Å². The van der Waals surface area contributed by atoms with E-state index in [1.807, 2.05) is 17.7 Å². The first-order valence-electron chi connectivity index (χ1n) is 6.06. The van der Waals surface area contributed by atoms with Crippen LogP contribution in [0, 0.1) is 0 Å². The Balaban J connectivity index is 1.79. The molecule has 0 unspecified atom stereocenters. The van der Waals surface area contributed by atoms with Crippen molar-refractivity contribution in [3.05, 3.63) is 27.7 Å². The standard InChI is InChI=1S/C12H16N4OS2/c1-3-11-15-9(7-19-11)8(2)14-6-10(17)16-12-13-4-5-18-12/h4-5,7-8,14H,3,6H2,1-2H3,(H,13,16,17)/t8-/m0/s1. The molecule has 2 aromatic rings. The van der Waals surface area contributed by atoms with Crippen LogP contribution in [0.4, 0.5) is 5.13 Å². The Labute approximate surface area is 120 Å². The highest BCUT2D eigenvalue weighted by Crippen LogP contribution is 2.16. The molecule has 0 radical (unpaired) electrons. The largest absolute Gasteiger partial charge is 0.301 e. The normalized spacial score (nSPS) is 12.3. The molecule has 2 rings (SSSR count). The van der Waals surface area contributed by atoms with Crippen LogP contribution < -0.4 is 10.6 Å². The minimum Gasteiger partial charge on any atom is -0.301 e. The van der Waals surface area contributed by atoms with Gasteiger partial charge in [-0.3, -0.25) is 4.79 Å². The summed E-state index contributed by atoms with van der Waals surface area (Å²) >= 11 is 3.06. The summed E-state index contributed by atoms with van der Waals surface area (Å²) in [5.41, 5.74) is 0.990. The Morgan fingerprint density at radius 3 is 2.95 bits per heavy atom. The zero-order valence-corrected chi connectivity index (χ0v) is 12.5. The number of hydrogen-bond acceptors (Lipinski definition) is 6. The van der Waals surface area contributed by atoms with Crippen molar-refractivity contribution in [2.75, 3.05) is 11.9 Å². The fraction of sp³-hybridized carbons (Fsp3) is 0.417. The Morgan fingerprint density at radius 2 is 2.32 bits per heavy atom. The van der Waals surface area contributed by atoms with E-state index in [1.54, 1.807) is 17.5 Å². The second-order valence-electron chi connectivity index (χ2n) is 4.01. The Hall–Kier alpha value is -1.31. The van der Waals surface area contributed by atoms with Gasteiger partial charge in [-0.05, 0) is 13.3 Å². The van der Waals surface area contributed by atoms with E-state index in [4.69, 9.17) is 0 Å². The third kappa shape index (κ3) is 4.09. The van der Waals surface area contributed by atoms with Crippen molar-refractivity contribution < 1.29 is 4.79 Å². The van der Waals surface area contributed by atoms with E-state index < -0.39 is 0 Å². The van der Waals surface area contributed by atoms with Crippen LogP contribution in [0.15, 0.2) is 17.0 Å². The Morgan fingerprint density at radius 1 is 1.47 bits per heavy atom. The predicted molar refractivity (Wildman–Crippen MR) is 78.7 cm³/mol. The van der Waals surface area contributed by atoms with Gasteiger partial charge in [-0.15, -0.1) is 22.7 Å². The number of aromatic nitrogens is 2. The molecular weight excluding hydrogens is 280 g/mol. The van der Waals surface area contributed by atoms with Gasteiger partial charge in [0.2, 0.25) is 5.91 Å². The number of anilines is 1. The second-order valence-corrected chi connectivity index (χ2v) is 5.84. The van der Waals surface area contributed by atoms with Crippen LogP contribution in [0.3, 0.4) is 0 Å². The number of aryl methyl sites for hydroxylation is 1. The first kappa shape index (κ1) is 14.1. The first-order valence-corrected chi connectivity index (χ1v) is 7.82. The predicted octanol–water partition coefficient (Wildman–Crippen LogP) is 2.45. The number of carbonyl (C=O) groups excluding carboxylic acids is 1. The second kappa shape index (κ2) is 6.74. The highest BCUT2D eigenvalue weighted by molar-refractivity contribution is 7.13. The van der Waals surface area contributed by atoms with Gasteiger partial charge in [0, 0.05) is 23.0 Å². The van der Waals surface area contributed by atoms with Gasteiger partial charge in [0.25, 0.3) is 0 Å². The molecule has 0 saturated carbocycles. The minimum absolute atomic E-state index is 0.0681. The van der Waals surface area contributed by atoms with Gasteiger partial charge < -0.3 is 10.6 Å².